The molecule has 2 rings (SSSR count). The van der Waals surface area contributed by atoms with E-state index in [-0.39, 0.29) is 23.8 Å². The number of hydrogen-bond acceptors (Lipinski definition) is 3. The van der Waals surface area contributed by atoms with Crippen LogP contribution >= 0.6 is 0 Å². The van der Waals surface area contributed by atoms with Gasteiger partial charge in [0.25, 0.3) is 0 Å². The predicted molar refractivity (Wildman–Crippen MR) is 64.1 cm³/mol. The summed E-state index contributed by atoms with van der Waals surface area (Å²) in [6.07, 6.45) is 4.85. The van der Waals surface area contributed by atoms with Crippen molar-refractivity contribution in [1.82, 2.24) is 10.6 Å². The standard InChI is InChI=1S/C12H21N3O2/c1-7(11(16)15-8-5-6-8)14-12(17)9-3-2-4-10(9)13/h7-10H,2-6,13H2,1H3,(H,14,17)(H,15,16). The van der Waals surface area contributed by atoms with Crippen LogP contribution in [-0.4, -0.2) is 29.9 Å². The summed E-state index contributed by atoms with van der Waals surface area (Å²) in [5, 5.41) is 5.63. The lowest BCUT2D eigenvalue weighted by Crippen LogP contribution is -2.49. The average Bonchev–Trinajstić information content (AvgIpc) is 2.98. The van der Waals surface area contributed by atoms with Crippen LogP contribution in [0.5, 0.6) is 0 Å². The van der Waals surface area contributed by atoms with Gasteiger partial charge in [-0.25, -0.2) is 0 Å². The van der Waals surface area contributed by atoms with E-state index in [1.165, 1.54) is 0 Å². The maximum Gasteiger partial charge on any atom is 0.242 e. The normalized spacial score (nSPS) is 29.8. The summed E-state index contributed by atoms with van der Waals surface area (Å²) in [4.78, 5) is 23.6. The Morgan fingerprint density at radius 2 is 1.94 bits per heavy atom. The van der Waals surface area contributed by atoms with Crippen molar-refractivity contribution in [3.05, 3.63) is 0 Å². The highest BCUT2D eigenvalue weighted by Crippen LogP contribution is 2.24. The van der Waals surface area contributed by atoms with E-state index in [0.717, 1.165) is 32.1 Å². The molecule has 0 aromatic carbocycles. The molecule has 0 aromatic heterocycles. The molecule has 0 spiro atoms. The van der Waals surface area contributed by atoms with Crippen LogP contribution in [0.3, 0.4) is 0 Å². The first kappa shape index (κ1) is 12.4. The van der Waals surface area contributed by atoms with E-state index in [4.69, 9.17) is 5.73 Å². The van der Waals surface area contributed by atoms with Gasteiger partial charge in [0, 0.05) is 12.1 Å². The van der Waals surface area contributed by atoms with Gasteiger partial charge in [-0.3, -0.25) is 9.59 Å². The summed E-state index contributed by atoms with van der Waals surface area (Å²) >= 11 is 0. The van der Waals surface area contributed by atoms with Gasteiger partial charge in [-0.05, 0) is 32.6 Å². The lowest BCUT2D eigenvalue weighted by atomic mass is 10.0. The van der Waals surface area contributed by atoms with Crippen LogP contribution in [0, 0.1) is 5.92 Å². The number of nitrogens with one attached hydrogen (secondary N) is 2. The topological polar surface area (TPSA) is 84.2 Å². The fourth-order valence-electron chi connectivity index (χ4n) is 2.25. The third kappa shape index (κ3) is 3.19. The van der Waals surface area contributed by atoms with Crippen molar-refractivity contribution in [3.8, 4) is 0 Å². The molecule has 96 valence electrons. The summed E-state index contributed by atoms with van der Waals surface area (Å²) in [6.45, 7) is 1.72. The van der Waals surface area contributed by atoms with Crippen molar-refractivity contribution < 1.29 is 9.59 Å². The Hall–Kier alpha value is -1.10. The lowest BCUT2D eigenvalue weighted by molar-refractivity contribution is -0.131. The quantitative estimate of drug-likeness (QED) is 0.640. The van der Waals surface area contributed by atoms with Gasteiger partial charge in [-0.15, -0.1) is 0 Å². The van der Waals surface area contributed by atoms with Crippen LogP contribution < -0.4 is 16.4 Å². The number of amides is 2. The van der Waals surface area contributed by atoms with E-state index in [1.54, 1.807) is 6.92 Å². The Bertz CT molecular complexity index is 315. The minimum absolute atomic E-state index is 0.0475. The van der Waals surface area contributed by atoms with Crippen LogP contribution in [0.4, 0.5) is 0 Å². The monoisotopic (exact) mass is 239 g/mol. The molecule has 5 heteroatoms. The average molecular weight is 239 g/mol. The molecule has 4 N–H and O–H groups in total. The van der Waals surface area contributed by atoms with Crippen molar-refractivity contribution in [2.24, 2.45) is 11.7 Å². The van der Waals surface area contributed by atoms with Crippen molar-refractivity contribution in [2.75, 3.05) is 0 Å². The van der Waals surface area contributed by atoms with Gasteiger partial charge < -0.3 is 16.4 Å². The number of hydrogen-bond donors (Lipinski definition) is 3. The molecule has 5 nitrogen and oxygen atoms in total. The zero-order chi connectivity index (χ0) is 12.4. The van der Waals surface area contributed by atoms with E-state index >= 15 is 0 Å². The summed E-state index contributed by atoms with van der Waals surface area (Å²) < 4.78 is 0. The molecule has 2 fully saturated rings. The molecule has 2 amide bonds. The SMILES string of the molecule is CC(NC(=O)C1CCCC1N)C(=O)NC1CC1. The highest BCUT2D eigenvalue weighted by molar-refractivity contribution is 5.88. The number of carbonyl (C=O) groups excluding carboxylic acids is 2. The first-order chi connectivity index (χ1) is 8.08. The van der Waals surface area contributed by atoms with Crippen LogP contribution in [0.1, 0.15) is 39.0 Å². The molecule has 2 aliphatic carbocycles. The second-order valence-electron chi connectivity index (χ2n) is 5.21. The van der Waals surface area contributed by atoms with E-state index in [1.807, 2.05) is 0 Å². The zero-order valence-corrected chi connectivity index (χ0v) is 10.2. The van der Waals surface area contributed by atoms with E-state index in [2.05, 4.69) is 10.6 Å². The van der Waals surface area contributed by atoms with Crippen molar-refractivity contribution >= 4 is 11.8 Å². The smallest absolute Gasteiger partial charge is 0.242 e. The fourth-order valence-corrected chi connectivity index (χ4v) is 2.25. The van der Waals surface area contributed by atoms with Gasteiger partial charge in [0.05, 0.1) is 5.92 Å². The molecule has 3 atom stereocenters. The van der Waals surface area contributed by atoms with Gasteiger partial charge in [0.2, 0.25) is 11.8 Å². The summed E-state index contributed by atoms with van der Waals surface area (Å²) in [5.41, 5.74) is 5.86. The second kappa shape index (κ2) is 5.04. The van der Waals surface area contributed by atoms with Gasteiger partial charge in [-0.2, -0.15) is 0 Å². The number of rotatable bonds is 4. The molecule has 17 heavy (non-hydrogen) atoms. The maximum atomic E-state index is 11.9. The van der Waals surface area contributed by atoms with Crippen molar-refractivity contribution in [2.45, 2.75) is 57.2 Å². The Labute approximate surface area is 102 Å². The summed E-state index contributed by atoms with van der Waals surface area (Å²) in [6, 6.07) is -0.180. The molecule has 0 heterocycles. The van der Waals surface area contributed by atoms with Gasteiger partial charge in [-0.1, -0.05) is 6.42 Å². The van der Waals surface area contributed by atoms with Gasteiger partial charge in [0.1, 0.15) is 6.04 Å². The Morgan fingerprint density at radius 3 is 2.47 bits per heavy atom. The second-order valence-corrected chi connectivity index (χ2v) is 5.21. The van der Waals surface area contributed by atoms with Crippen molar-refractivity contribution in [1.29, 1.82) is 0 Å². The largest absolute Gasteiger partial charge is 0.352 e. The lowest BCUT2D eigenvalue weighted by Gasteiger charge is -2.19. The van der Waals surface area contributed by atoms with Crippen molar-refractivity contribution in [3.63, 3.8) is 0 Å². The fraction of sp³-hybridized carbons (Fsp3) is 0.833. The van der Waals surface area contributed by atoms with Crippen LogP contribution in [-0.2, 0) is 9.59 Å². The summed E-state index contributed by atoms with van der Waals surface area (Å²) in [5.74, 6) is -0.285. The molecule has 3 unspecified atom stereocenters. The Balaban J connectivity index is 1.78. The molecule has 2 saturated carbocycles. The molecule has 0 aliphatic heterocycles. The minimum atomic E-state index is -0.462. The van der Waals surface area contributed by atoms with E-state index in [9.17, 15) is 9.59 Å². The third-order valence-electron chi connectivity index (χ3n) is 3.58. The first-order valence-corrected chi connectivity index (χ1v) is 6.44. The third-order valence-corrected chi connectivity index (χ3v) is 3.58. The van der Waals surface area contributed by atoms with Gasteiger partial charge >= 0.3 is 0 Å². The van der Waals surface area contributed by atoms with Crippen LogP contribution in [0.15, 0.2) is 0 Å². The Morgan fingerprint density at radius 1 is 1.24 bits per heavy atom. The van der Waals surface area contributed by atoms with Gasteiger partial charge in [0.15, 0.2) is 0 Å². The molecule has 0 aromatic rings. The summed E-state index contributed by atoms with van der Waals surface area (Å²) in [7, 11) is 0. The number of carbonyl (C=O) groups is 2. The maximum absolute atomic E-state index is 11.9. The van der Waals surface area contributed by atoms with E-state index < -0.39 is 6.04 Å². The van der Waals surface area contributed by atoms with Crippen LogP contribution in [0.2, 0.25) is 0 Å². The highest BCUT2D eigenvalue weighted by Gasteiger charge is 2.32. The van der Waals surface area contributed by atoms with Crippen LogP contribution in [0.25, 0.3) is 0 Å². The molecule has 0 radical (unpaired) electrons. The molecule has 2 aliphatic rings. The molecule has 0 saturated heterocycles. The number of nitrogens with two attached hydrogens (primary N) is 1. The minimum Gasteiger partial charge on any atom is -0.352 e. The predicted octanol–water partition coefficient (Wildman–Crippen LogP) is -0.103. The zero-order valence-electron chi connectivity index (χ0n) is 10.2. The highest BCUT2D eigenvalue weighted by atomic mass is 16.2. The molecule has 0 bridgehead atoms. The molecular weight excluding hydrogens is 218 g/mol. The first-order valence-electron chi connectivity index (χ1n) is 6.44. The molecular formula is C12H21N3O2. The Kier molecular flexibility index (Phi) is 3.66. The van der Waals surface area contributed by atoms with E-state index in [0.29, 0.717) is 6.04 Å².